The predicted octanol–water partition coefficient (Wildman–Crippen LogP) is 5.19. The summed E-state index contributed by atoms with van der Waals surface area (Å²) in [7, 11) is 1.74. The van der Waals surface area contributed by atoms with Crippen LogP contribution >= 0.6 is 0 Å². The molecule has 0 radical (unpaired) electrons. The first-order chi connectivity index (χ1) is 15.5. The first kappa shape index (κ1) is 20.6. The Morgan fingerprint density at radius 1 is 0.969 bits per heavy atom. The van der Waals surface area contributed by atoms with Crippen LogP contribution in [0, 0.1) is 0 Å². The fraction of sp³-hybridized carbons (Fsp3) is 0.333. The monoisotopic (exact) mass is 428 g/mol. The molecule has 1 spiro atoms. The van der Waals surface area contributed by atoms with Gasteiger partial charge in [-0.2, -0.15) is 0 Å². The van der Waals surface area contributed by atoms with Gasteiger partial charge in [0.05, 0.1) is 6.04 Å². The molecule has 1 aliphatic heterocycles. The van der Waals surface area contributed by atoms with Crippen LogP contribution < -0.4 is 5.56 Å². The van der Waals surface area contributed by atoms with Crippen LogP contribution in [-0.4, -0.2) is 22.1 Å². The molecule has 3 aromatic rings. The van der Waals surface area contributed by atoms with E-state index in [1.807, 2.05) is 48.2 Å². The third-order valence-corrected chi connectivity index (χ3v) is 7.11. The molecule has 2 unspecified atom stereocenters. The van der Waals surface area contributed by atoms with E-state index in [-0.39, 0.29) is 17.7 Å². The maximum Gasteiger partial charge on any atom is 0.411 e. The zero-order valence-electron chi connectivity index (χ0n) is 18.6. The average Bonchev–Trinajstić information content (AvgIpc) is 2.81. The van der Waals surface area contributed by atoms with E-state index in [1.165, 1.54) is 11.1 Å². The molecule has 1 aromatic heterocycles. The molecule has 1 fully saturated rings. The maximum atomic E-state index is 13.1. The zero-order chi connectivity index (χ0) is 22.3. The van der Waals surface area contributed by atoms with Crippen molar-refractivity contribution in [3.63, 3.8) is 0 Å². The molecular weight excluding hydrogens is 400 g/mol. The van der Waals surface area contributed by atoms with Gasteiger partial charge in [0.1, 0.15) is 5.60 Å². The Hall–Kier alpha value is -3.34. The van der Waals surface area contributed by atoms with Crippen molar-refractivity contribution in [1.82, 2.24) is 9.47 Å². The first-order valence-electron chi connectivity index (χ1n) is 11.3. The molecular formula is C27H28N2O3. The van der Waals surface area contributed by atoms with E-state index in [1.54, 1.807) is 23.9 Å². The van der Waals surface area contributed by atoms with Crippen molar-refractivity contribution < 1.29 is 9.53 Å². The summed E-state index contributed by atoms with van der Waals surface area (Å²) in [5, 5.41) is 0. The summed E-state index contributed by atoms with van der Waals surface area (Å²) < 4.78 is 7.72. The Bertz CT molecular complexity index is 1210. The second kappa shape index (κ2) is 7.97. The van der Waals surface area contributed by atoms with Crippen molar-refractivity contribution in [2.24, 2.45) is 7.05 Å². The van der Waals surface area contributed by atoms with Crippen LogP contribution in [0.4, 0.5) is 4.79 Å². The highest BCUT2D eigenvalue weighted by atomic mass is 16.6. The molecule has 32 heavy (non-hydrogen) atoms. The normalized spacial score (nSPS) is 21.2. The molecule has 0 saturated carbocycles. The van der Waals surface area contributed by atoms with Gasteiger partial charge in [-0.25, -0.2) is 4.79 Å². The number of amides is 1. The number of carbonyl (C=O) groups is 1. The van der Waals surface area contributed by atoms with Crippen molar-refractivity contribution in [2.45, 2.75) is 44.2 Å². The molecule has 1 amide bonds. The largest absolute Gasteiger partial charge is 0.438 e. The van der Waals surface area contributed by atoms with Crippen molar-refractivity contribution >= 4 is 6.09 Å². The molecule has 5 nitrogen and oxygen atoms in total. The highest BCUT2D eigenvalue weighted by Crippen LogP contribution is 2.44. The SMILES string of the molecule is CC(c1ccc(-c2ccn(C)c(=O)c2)cc1)N1CCC2(CCCc3ccccc32)OC1=O. The van der Waals surface area contributed by atoms with Crippen LogP contribution in [0.2, 0.25) is 0 Å². The number of carbonyl (C=O) groups excluding carboxylic acids is 1. The van der Waals surface area contributed by atoms with Crippen molar-refractivity contribution in [1.29, 1.82) is 0 Å². The summed E-state index contributed by atoms with van der Waals surface area (Å²) in [6.45, 7) is 2.71. The van der Waals surface area contributed by atoms with E-state index < -0.39 is 5.60 Å². The van der Waals surface area contributed by atoms with Crippen molar-refractivity contribution in [2.75, 3.05) is 6.54 Å². The minimum atomic E-state index is -0.481. The number of fused-ring (bicyclic) bond motifs is 2. The van der Waals surface area contributed by atoms with Gasteiger partial charge in [-0.05, 0) is 60.1 Å². The number of benzene rings is 2. The van der Waals surface area contributed by atoms with Gasteiger partial charge in [-0.1, -0.05) is 48.5 Å². The molecule has 2 atom stereocenters. The van der Waals surface area contributed by atoms with Crippen LogP contribution in [0.1, 0.15) is 48.9 Å². The van der Waals surface area contributed by atoms with Gasteiger partial charge >= 0.3 is 6.09 Å². The summed E-state index contributed by atoms with van der Waals surface area (Å²) in [6, 6.07) is 20.0. The fourth-order valence-electron chi connectivity index (χ4n) is 5.13. The lowest BCUT2D eigenvalue weighted by Crippen LogP contribution is -2.49. The fourth-order valence-corrected chi connectivity index (χ4v) is 5.13. The molecule has 0 N–H and O–H groups in total. The van der Waals surface area contributed by atoms with E-state index in [2.05, 4.69) is 18.2 Å². The van der Waals surface area contributed by atoms with Gasteiger partial charge in [-0.15, -0.1) is 0 Å². The van der Waals surface area contributed by atoms with Crippen LogP contribution in [-0.2, 0) is 23.8 Å². The summed E-state index contributed by atoms with van der Waals surface area (Å²) >= 11 is 0. The van der Waals surface area contributed by atoms with Gasteiger partial charge < -0.3 is 14.2 Å². The molecule has 5 heteroatoms. The second-order valence-electron chi connectivity index (χ2n) is 8.98. The van der Waals surface area contributed by atoms with E-state index in [4.69, 9.17) is 4.74 Å². The quantitative estimate of drug-likeness (QED) is 0.577. The smallest absolute Gasteiger partial charge is 0.411 e. The highest BCUT2D eigenvalue weighted by Gasteiger charge is 2.45. The van der Waals surface area contributed by atoms with E-state index >= 15 is 0 Å². The Morgan fingerprint density at radius 3 is 2.50 bits per heavy atom. The van der Waals surface area contributed by atoms with Gasteiger partial charge in [0.25, 0.3) is 5.56 Å². The lowest BCUT2D eigenvalue weighted by atomic mass is 9.76. The summed E-state index contributed by atoms with van der Waals surface area (Å²) in [4.78, 5) is 26.9. The maximum absolute atomic E-state index is 13.1. The summed E-state index contributed by atoms with van der Waals surface area (Å²) in [5.41, 5.74) is 4.90. The lowest BCUT2D eigenvalue weighted by molar-refractivity contribution is -0.0699. The van der Waals surface area contributed by atoms with E-state index in [9.17, 15) is 9.59 Å². The molecule has 164 valence electrons. The number of aryl methyl sites for hydroxylation is 2. The number of hydrogen-bond acceptors (Lipinski definition) is 3. The Labute approximate surface area is 188 Å². The second-order valence-corrected chi connectivity index (χ2v) is 8.98. The van der Waals surface area contributed by atoms with Gasteiger partial charge in [0.15, 0.2) is 0 Å². The topological polar surface area (TPSA) is 51.5 Å². The Morgan fingerprint density at radius 2 is 1.75 bits per heavy atom. The minimum absolute atomic E-state index is 0.0331. The highest BCUT2D eigenvalue weighted by molar-refractivity contribution is 5.70. The van der Waals surface area contributed by atoms with Crippen LogP contribution in [0.15, 0.2) is 71.7 Å². The molecule has 1 saturated heterocycles. The molecule has 2 heterocycles. The number of rotatable bonds is 3. The lowest BCUT2D eigenvalue weighted by Gasteiger charge is -2.45. The molecule has 1 aliphatic carbocycles. The molecule has 2 aromatic carbocycles. The van der Waals surface area contributed by atoms with E-state index in [0.717, 1.165) is 42.4 Å². The average molecular weight is 429 g/mol. The molecule has 2 aliphatic rings. The number of ether oxygens (including phenoxy) is 1. The molecule has 5 rings (SSSR count). The molecule has 0 bridgehead atoms. The van der Waals surface area contributed by atoms with Crippen molar-refractivity contribution in [3.8, 4) is 11.1 Å². The third-order valence-electron chi connectivity index (χ3n) is 7.11. The number of hydrogen-bond donors (Lipinski definition) is 0. The summed E-state index contributed by atoms with van der Waals surface area (Å²) in [6.07, 6.45) is 5.33. The van der Waals surface area contributed by atoms with Crippen molar-refractivity contribution in [3.05, 3.63) is 93.9 Å². The standard InChI is InChI=1S/C27H28N2O3/c1-19(20-9-11-21(12-10-20)23-13-16-28(2)25(30)18-23)29-17-15-27(32-26(29)31)14-5-7-22-6-3-4-8-24(22)27/h3-4,6,8-13,16,18-19H,5,7,14-15,17H2,1-2H3. The van der Waals surface area contributed by atoms with Gasteiger partial charge in [0.2, 0.25) is 0 Å². The van der Waals surface area contributed by atoms with Crippen LogP contribution in [0.5, 0.6) is 0 Å². The van der Waals surface area contributed by atoms with Crippen LogP contribution in [0.25, 0.3) is 11.1 Å². The number of pyridine rings is 1. The Kier molecular flexibility index (Phi) is 5.12. The number of nitrogens with zero attached hydrogens (tertiary/aromatic N) is 2. The zero-order valence-corrected chi connectivity index (χ0v) is 18.6. The summed E-state index contributed by atoms with van der Waals surface area (Å²) in [5.74, 6) is 0. The van der Waals surface area contributed by atoms with Crippen LogP contribution in [0.3, 0.4) is 0 Å². The third kappa shape index (κ3) is 3.52. The predicted molar refractivity (Wildman–Crippen MR) is 124 cm³/mol. The van der Waals surface area contributed by atoms with Gasteiger partial charge in [0, 0.05) is 32.3 Å². The first-order valence-corrected chi connectivity index (χ1v) is 11.3. The minimum Gasteiger partial charge on any atom is -0.438 e. The van der Waals surface area contributed by atoms with E-state index in [0.29, 0.717) is 6.54 Å². The van der Waals surface area contributed by atoms with Gasteiger partial charge in [-0.3, -0.25) is 4.79 Å². The number of aromatic nitrogens is 1. The Balaban J connectivity index is 1.34.